The van der Waals surface area contributed by atoms with Crippen molar-refractivity contribution >= 4 is 11.6 Å². The van der Waals surface area contributed by atoms with Crippen LogP contribution in [0.2, 0.25) is 0 Å². The highest BCUT2D eigenvalue weighted by Gasteiger charge is 2.21. The molecule has 0 radical (unpaired) electrons. The highest BCUT2D eigenvalue weighted by Crippen LogP contribution is 2.16. The number of hydrogen-bond donors (Lipinski definition) is 2. The summed E-state index contributed by atoms with van der Waals surface area (Å²) in [6.07, 6.45) is 0.938. The van der Waals surface area contributed by atoms with Crippen molar-refractivity contribution in [2.45, 2.75) is 13.3 Å². The van der Waals surface area contributed by atoms with Crippen molar-refractivity contribution < 1.29 is 9.90 Å². The topological polar surface area (TPSA) is 69.8 Å². The van der Waals surface area contributed by atoms with Crippen LogP contribution in [0.1, 0.15) is 22.3 Å². The van der Waals surface area contributed by atoms with Gasteiger partial charge in [0.05, 0.1) is 6.61 Å². The van der Waals surface area contributed by atoms with Gasteiger partial charge in [-0.05, 0) is 37.6 Å². The minimum absolute atomic E-state index is 0.0562. The summed E-state index contributed by atoms with van der Waals surface area (Å²) in [6.45, 7) is 5.99. The average Bonchev–Trinajstić information content (AvgIpc) is 2.67. The van der Waals surface area contributed by atoms with Crippen molar-refractivity contribution in [3.63, 3.8) is 0 Å². The number of hydrogen-bond acceptors (Lipinski definition) is 4. The quantitative estimate of drug-likeness (QED) is 0.799. The van der Waals surface area contributed by atoms with Gasteiger partial charge in [0.1, 0.15) is 0 Å². The SMILES string of the molecule is Cc1ccc(N)cc1C(=O)N1CCCN(CCO)CC1. The zero-order valence-corrected chi connectivity index (χ0v) is 12.0. The molecule has 1 heterocycles. The fourth-order valence-electron chi connectivity index (χ4n) is 2.58. The molecule has 3 N–H and O–H groups in total. The molecule has 0 unspecified atom stereocenters. The standard InChI is InChI=1S/C15H23N3O2/c1-12-3-4-13(16)11-14(12)15(20)18-6-2-5-17(7-8-18)9-10-19/h3-4,11,19H,2,5-10,16H2,1H3. The van der Waals surface area contributed by atoms with E-state index in [1.54, 1.807) is 6.07 Å². The van der Waals surface area contributed by atoms with Gasteiger partial charge in [0, 0.05) is 37.4 Å². The summed E-state index contributed by atoms with van der Waals surface area (Å²) in [4.78, 5) is 16.7. The number of nitrogens with two attached hydrogens (primary N) is 1. The molecule has 1 aliphatic heterocycles. The Morgan fingerprint density at radius 3 is 2.85 bits per heavy atom. The predicted octanol–water partition coefficient (Wildman–Crippen LogP) is 0.717. The molecule has 0 aliphatic carbocycles. The highest BCUT2D eigenvalue weighted by molar-refractivity contribution is 5.96. The lowest BCUT2D eigenvalue weighted by Crippen LogP contribution is -2.36. The summed E-state index contributed by atoms with van der Waals surface area (Å²) in [5, 5.41) is 8.99. The molecule has 0 saturated carbocycles. The molecule has 2 rings (SSSR count). The summed E-state index contributed by atoms with van der Waals surface area (Å²) < 4.78 is 0. The van der Waals surface area contributed by atoms with E-state index in [1.165, 1.54) is 0 Å². The molecule has 5 heteroatoms. The zero-order valence-electron chi connectivity index (χ0n) is 12.0. The maximum atomic E-state index is 12.6. The third-order valence-corrected chi connectivity index (χ3v) is 3.78. The van der Waals surface area contributed by atoms with E-state index in [-0.39, 0.29) is 12.5 Å². The third kappa shape index (κ3) is 3.49. The molecule has 1 aromatic rings. The van der Waals surface area contributed by atoms with E-state index in [2.05, 4.69) is 4.90 Å². The third-order valence-electron chi connectivity index (χ3n) is 3.78. The van der Waals surface area contributed by atoms with Crippen LogP contribution in [0.5, 0.6) is 0 Å². The molecule has 0 spiro atoms. The Morgan fingerprint density at radius 2 is 2.10 bits per heavy atom. The first-order valence-corrected chi connectivity index (χ1v) is 7.10. The van der Waals surface area contributed by atoms with E-state index < -0.39 is 0 Å². The fraction of sp³-hybridized carbons (Fsp3) is 0.533. The number of benzene rings is 1. The molecule has 1 fully saturated rings. The smallest absolute Gasteiger partial charge is 0.254 e. The summed E-state index contributed by atoms with van der Waals surface area (Å²) in [7, 11) is 0. The summed E-state index contributed by atoms with van der Waals surface area (Å²) in [5.41, 5.74) is 8.06. The van der Waals surface area contributed by atoms with Crippen LogP contribution in [-0.4, -0.2) is 60.1 Å². The maximum absolute atomic E-state index is 12.6. The lowest BCUT2D eigenvalue weighted by atomic mass is 10.1. The zero-order chi connectivity index (χ0) is 14.5. The summed E-state index contributed by atoms with van der Waals surface area (Å²) >= 11 is 0. The largest absolute Gasteiger partial charge is 0.399 e. The summed E-state index contributed by atoms with van der Waals surface area (Å²) in [6, 6.07) is 5.46. The predicted molar refractivity (Wildman–Crippen MR) is 79.6 cm³/mol. The van der Waals surface area contributed by atoms with E-state index in [9.17, 15) is 4.79 Å². The maximum Gasteiger partial charge on any atom is 0.254 e. The van der Waals surface area contributed by atoms with Crippen LogP contribution in [0.4, 0.5) is 5.69 Å². The lowest BCUT2D eigenvalue weighted by Gasteiger charge is -2.22. The molecule has 1 aromatic carbocycles. The van der Waals surface area contributed by atoms with Gasteiger partial charge < -0.3 is 15.7 Å². The molecule has 0 aromatic heterocycles. The second-order valence-electron chi connectivity index (χ2n) is 5.29. The van der Waals surface area contributed by atoms with Gasteiger partial charge >= 0.3 is 0 Å². The highest BCUT2D eigenvalue weighted by atomic mass is 16.3. The van der Waals surface area contributed by atoms with Crippen LogP contribution in [-0.2, 0) is 0 Å². The molecule has 1 aliphatic rings. The van der Waals surface area contributed by atoms with E-state index in [4.69, 9.17) is 10.8 Å². The van der Waals surface area contributed by atoms with Gasteiger partial charge in [-0.2, -0.15) is 0 Å². The Bertz CT molecular complexity index is 476. The first-order chi connectivity index (χ1) is 9.61. The van der Waals surface area contributed by atoms with Crippen LogP contribution in [0.25, 0.3) is 0 Å². The number of aryl methyl sites for hydroxylation is 1. The Labute approximate surface area is 120 Å². The number of carbonyl (C=O) groups excluding carboxylic acids is 1. The van der Waals surface area contributed by atoms with E-state index in [0.717, 1.165) is 31.6 Å². The number of rotatable bonds is 3. The number of amides is 1. The first-order valence-electron chi connectivity index (χ1n) is 7.10. The molecule has 1 saturated heterocycles. The number of nitrogens with zero attached hydrogens (tertiary/aromatic N) is 2. The summed E-state index contributed by atoms with van der Waals surface area (Å²) in [5.74, 6) is 0.0562. The van der Waals surface area contributed by atoms with Crippen molar-refractivity contribution in [3.05, 3.63) is 29.3 Å². The van der Waals surface area contributed by atoms with Crippen molar-refractivity contribution in [2.75, 3.05) is 45.1 Å². The van der Waals surface area contributed by atoms with Gasteiger partial charge in [0.25, 0.3) is 5.91 Å². The van der Waals surface area contributed by atoms with Gasteiger partial charge in [0.2, 0.25) is 0 Å². The monoisotopic (exact) mass is 277 g/mol. The molecule has 5 nitrogen and oxygen atoms in total. The van der Waals surface area contributed by atoms with E-state index in [1.807, 2.05) is 24.0 Å². The molecule has 0 bridgehead atoms. The molecule has 1 amide bonds. The number of nitrogen functional groups attached to an aromatic ring is 1. The normalized spacial score (nSPS) is 17.0. The molecule has 110 valence electrons. The number of anilines is 1. The van der Waals surface area contributed by atoms with Crippen LogP contribution in [0, 0.1) is 6.92 Å². The fourth-order valence-corrected chi connectivity index (χ4v) is 2.58. The Kier molecular flexibility index (Phi) is 4.98. The Balaban J connectivity index is 2.07. The first kappa shape index (κ1) is 14.8. The second-order valence-corrected chi connectivity index (χ2v) is 5.29. The van der Waals surface area contributed by atoms with Crippen molar-refractivity contribution in [1.82, 2.24) is 9.80 Å². The van der Waals surface area contributed by atoms with Gasteiger partial charge in [-0.25, -0.2) is 0 Å². The lowest BCUT2D eigenvalue weighted by molar-refractivity contribution is 0.0760. The van der Waals surface area contributed by atoms with E-state index in [0.29, 0.717) is 24.3 Å². The minimum Gasteiger partial charge on any atom is -0.399 e. The van der Waals surface area contributed by atoms with Crippen molar-refractivity contribution in [3.8, 4) is 0 Å². The molecular formula is C15H23N3O2. The molecular weight excluding hydrogens is 254 g/mol. The number of aliphatic hydroxyl groups is 1. The van der Waals surface area contributed by atoms with Gasteiger partial charge in [-0.1, -0.05) is 6.07 Å². The van der Waals surface area contributed by atoms with Gasteiger partial charge in [-0.3, -0.25) is 9.69 Å². The molecule has 20 heavy (non-hydrogen) atoms. The Morgan fingerprint density at radius 1 is 1.30 bits per heavy atom. The second kappa shape index (κ2) is 6.72. The van der Waals surface area contributed by atoms with Gasteiger partial charge in [-0.15, -0.1) is 0 Å². The Hall–Kier alpha value is -1.59. The van der Waals surface area contributed by atoms with Crippen molar-refractivity contribution in [1.29, 1.82) is 0 Å². The minimum atomic E-state index is 0.0562. The molecule has 0 atom stereocenters. The number of β-amino-alcohol motifs (C(OH)–C–C–N with tert-alkyl or cyclic N) is 1. The average molecular weight is 277 g/mol. The van der Waals surface area contributed by atoms with Crippen LogP contribution in [0.15, 0.2) is 18.2 Å². The number of aliphatic hydroxyl groups excluding tert-OH is 1. The van der Waals surface area contributed by atoms with Gasteiger partial charge in [0.15, 0.2) is 0 Å². The van der Waals surface area contributed by atoms with Crippen LogP contribution >= 0.6 is 0 Å². The number of carbonyl (C=O) groups is 1. The van der Waals surface area contributed by atoms with Crippen molar-refractivity contribution in [2.24, 2.45) is 0 Å². The van der Waals surface area contributed by atoms with Crippen LogP contribution in [0.3, 0.4) is 0 Å². The van der Waals surface area contributed by atoms with Crippen LogP contribution < -0.4 is 5.73 Å². The van der Waals surface area contributed by atoms with E-state index >= 15 is 0 Å².